The molecule has 3 rings (SSSR count). The Morgan fingerprint density at radius 3 is 2.32 bits per heavy atom. The third-order valence-electron chi connectivity index (χ3n) is 4.58. The fourth-order valence-corrected chi connectivity index (χ4v) is 4.90. The maximum absolute atomic E-state index is 13.0. The minimum absolute atomic E-state index is 0.186. The van der Waals surface area contributed by atoms with Crippen LogP contribution in [0.5, 0.6) is 0 Å². The van der Waals surface area contributed by atoms with Crippen LogP contribution in [0.2, 0.25) is 0 Å². The van der Waals surface area contributed by atoms with Crippen LogP contribution in [0.4, 0.5) is 11.4 Å². The van der Waals surface area contributed by atoms with Gasteiger partial charge in [0.25, 0.3) is 0 Å². The van der Waals surface area contributed by atoms with Crippen LogP contribution in [0.15, 0.2) is 53.4 Å². The molecule has 2 aromatic rings. The van der Waals surface area contributed by atoms with Crippen LogP contribution in [0, 0.1) is 6.92 Å². The smallest absolute Gasteiger partial charge is 0.243 e. The Kier molecular flexibility index (Phi) is 5.81. The predicted octanol–water partition coefficient (Wildman–Crippen LogP) is 2.75. The first-order valence-electron chi connectivity index (χ1n) is 9.04. The van der Waals surface area contributed by atoms with Gasteiger partial charge in [0.15, 0.2) is 0 Å². The standard InChI is InChI=1S/C20H23N3O4S/c1-14-8-10-18(11-9-14)28(26,27)23-12-4-7-19(23)20(25)22-17-6-3-5-16(13-17)21-15(2)24/h3,5-6,8-11,13,19H,4,7,12H2,1-2H3,(H,21,24)(H,22,25)/t19-/m0/s1. The van der Waals surface area contributed by atoms with Gasteiger partial charge in [-0.1, -0.05) is 23.8 Å². The van der Waals surface area contributed by atoms with E-state index in [2.05, 4.69) is 10.6 Å². The van der Waals surface area contributed by atoms with Crippen LogP contribution in [-0.2, 0) is 19.6 Å². The minimum Gasteiger partial charge on any atom is -0.326 e. The summed E-state index contributed by atoms with van der Waals surface area (Å²) in [5.74, 6) is -0.595. The van der Waals surface area contributed by atoms with Gasteiger partial charge >= 0.3 is 0 Å². The van der Waals surface area contributed by atoms with E-state index in [9.17, 15) is 18.0 Å². The Morgan fingerprint density at radius 1 is 1.04 bits per heavy atom. The summed E-state index contributed by atoms with van der Waals surface area (Å²) in [6.07, 6.45) is 1.08. The van der Waals surface area contributed by atoms with Gasteiger partial charge in [-0.3, -0.25) is 9.59 Å². The topological polar surface area (TPSA) is 95.6 Å². The van der Waals surface area contributed by atoms with Gasteiger partial charge in [0, 0.05) is 24.8 Å². The molecule has 8 heteroatoms. The second-order valence-electron chi connectivity index (χ2n) is 6.84. The number of carbonyl (C=O) groups is 2. The van der Waals surface area contributed by atoms with Crippen LogP contribution < -0.4 is 10.6 Å². The van der Waals surface area contributed by atoms with Gasteiger partial charge in [0.2, 0.25) is 21.8 Å². The molecule has 1 fully saturated rings. The van der Waals surface area contributed by atoms with Gasteiger partial charge in [-0.2, -0.15) is 4.31 Å². The molecule has 7 nitrogen and oxygen atoms in total. The molecule has 1 heterocycles. The van der Waals surface area contributed by atoms with Crippen molar-refractivity contribution in [3.05, 3.63) is 54.1 Å². The monoisotopic (exact) mass is 401 g/mol. The Bertz CT molecular complexity index is 987. The van der Waals surface area contributed by atoms with E-state index in [4.69, 9.17) is 0 Å². The van der Waals surface area contributed by atoms with Crippen molar-refractivity contribution in [2.75, 3.05) is 17.2 Å². The van der Waals surface area contributed by atoms with E-state index in [0.29, 0.717) is 30.8 Å². The van der Waals surface area contributed by atoms with Gasteiger partial charge in [0.05, 0.1) is 4.90 Å². The minimum atomic E-state index is -3.75. The van der Waals surface area contributed by atoms with E-state index >= 15 is 0 Å². The maximum Gasteiger partial charge on any atom is 0.243 e. The highest BCUT2D eigenvalue weighted by molar-refractivity contribution is 7.89. The van der Waals surface area contributed by atoms with Gasteiger partial charge in [-0.15, -0.1) is 0 Å². The second kappa shape index (κ2) is 8.12. The number of nitrogens with zero attached hydrogens (tertiary/aromatic N) is 1. The first-order valence-corrected chi connectivity index (χ1v) is 10.5. The normalized spacial score (nSPS) is 17.3. The molecule has 1 atom stereocenters. The van der Waals surface area contributed by atoms with Crippen molar-refractivity contribution in [3.8, 4) is 0 Å². The Labute approximate surface area is 164 Å². The van der Waals surface area contributed by atoms with Gasteiger partial charge in [-0.05, 0) is 50.1 Å². The molecule has 148 valence electrons. The Morgan fingerprint density at radius 2 is 1.68 bits per heavy atom. The number of hydrogen-bond donors (Lipinski definition) is 2. The summed E-state index contributed by atoms with van der Waals surface area (Å²) >= 11 is 0. The lowest BCUT2D eigenvalue weighted by Crippen LogP contribution is -2.43. The molecule has 2 N–H and O–H groups in total. The number of nitrogens with one attached hydrogen (secondary N) is 2. The third kappa shape index (κ3) is 4.40. The van der Waals surface area contributed by atoms with Crippen molar-refractivity contribution in [2.24, 2.45) is 0 Å². The predicted molar refractivity (Wildman–Crippen MR) is 107 cm³/mol. The van der Waals surface area contributed by atoms with Crippen molar-refractivity contribution in [1.82, 2.24) is 4.31 Å². The van der Waals surface area contributed by atoms with Crippen molar-refractivity contribution < 1.29 is 18.0 Å². The van der Waals surface area contributed by atoms with Crippen LogP contribution in [0.3, 0.4) is 0 Å². The van der Waals surface area contributed by atoms with Crippen molar-refractivity contribution >= 4 is 33.2 Å². The van der Waals surface area contributed by atoms with Gasteiger partial charge in [0.1, 0.15) is 6.04 Å². The molecule has 0 radical (unpaired) electrons. The summed E-state index contributed by atoms with van der Waals surface area (Å²) in [4.78, 5) is 24.2. The first-order chi connectivity index (χ1) is 13.3. The highest BCUT2D eigenvalue weighted by atomic mass is 32.2. The highest BCUT2D eigenvalue weighted by Crippen LogP contribution is 2.27. The average Bonchev–Trinajstić information content (AvgIpc) is 3.12. The Balaban J connectivity index is 1.78. The summed E-state index contributed by atoms with van der Waals surface area (Å²) in [7, 11) is -3.75. The summed E-state index contributed by atoms with van der Waals surface area (Å²) in [6, 6.07) is 12.6. The van der Waals surface area contributed by atoms with E-state index in [1.54, 1.807) is 48.5 Å². The zero-order valence-corrected chi connectivity index (χ0v) is 16.6. The van der Waals surface area contributed by atoms with Gasteiger partial charge < -0.3 is 10.6 Å². The van der Waals surface area contributed by atoms with E-state index < -0.39 is 16.1 Å². The van der Waals surface area contributed by atoms with E-state index in [-0.39, 0.29) is 16.7 Å². The SMILES string of the molecule is CC(=O)Nc1cccc(NC(=O)[C@@H]2CCCN2S(=O)(=O)c2ccc(C)cc2)c1. The Hall–Kier alpha value is -2.71. The average molecular weight is 401 g/mol. The molecule has 0 spiro atoms. The van der Waals surface area contributed by atoms with Crippen molar-refractivity contribution in [3.63, 3.8) is 0 Å². The highest BCUT2D eigenvalue weighted by Gasteiger charge is 2.39. The molecule has 28 heavy (non-hydrogen) atoms. The zero-order valence-electron chi connectivity index (χ0n) is 15.8. The number of anilines is 2. The van der Waals surface area contributed by atoms with Gasteiger partial charge in [-0.25, -0.2) is 8.42 Å². The number of rotatable bonds is 5. The van der Waals surface area contributed by atoms with E-state index in [1.165, 1.54) is 11.2 Å². The fraction of sp³-hybridized carbons (Fsp3) is 0.300. The molecular weight excluding hydrogens is 378 g/mol. The third-order valence-corrected chi connectivity index (χ3v) is 6.51. The maximum atomic E-state index is 13.0. The largest absolute Gasteiger partial charge is 0.326 e. The summed E-state index contributed by atoms with van der Waals surface area (Å²) in [5.41, 5.74) is 2.02. The van der Waals surface area contributed by atoms with Crippen molar-refractivity contribution in [1.29, 1.82) is 0 Å². The van der Waals surface area contributed by atoms with E-state index in [1.807, 2.05) is 6.92 Å². The number of aryl methyl sites for hydroxylation is 1. The number of amides is 2. The molecule has 2 aromatic carbocycles. The molecule has 0 bridgehead atoms. The summed E-state index contributed by atoms with van der Waals surface area (Å²) < 4.78 is 27.2. The molecule has 0 saturated carbocycles. The molecule has 2 amide bonds. The second-order valence-corrected chi connectivity index (χ2v) is 8.73. The first kappa shape index (κ1) is 20.0. The van der Waals surface area contributed by atoms with E-state index in [0.717, 1.165) is 5.56 Å². The lowest BCUT2D eigenvalue weighted by molar-refractivity contribution is -0.119. The van der Waals surface area contributed by atoms with Crippen LogP contribution in [0.25, 0.3) is 0 Å². The molecule has 1 aliphatic rings. The number of hydrogen-bond acceptors (Lipinski definition) is 4. The molecule has 1 aliphatic heterocycles. The molecule has 0 aliphatic carbocycles. The number of carbonyl (C=O) groups excluding carboxylic acids is 2. The van der Waals surface area contributed by atoms with Crippen LogP contribution in [-0.4, -0.2) is 37.1 Å². The molecular formula is C20H23N3O4S. The zero-order chi connectivity index (χ0) is 20.3. The van der Waals surface area contributed by atoms with Crippen LogP contribution >= 0.6 is 0 Å². The summed E-state index contributed by atoms with van der Waals surface area (Å²) in [6.45, 7) is 3.59. The van der Waals surface area contributed by atoms with Crippen molar-refractivity contribution in [2.45, 2.75) is 37.6 Å². The number of sulfonamides is 1. The lowest BCUT2D eigenvalue weighted by Gasteiger charge is -2.23. The molecule has 0 aromatic heterocycles. The molecule has 1 saturated heterocycles. The number of benzene rings is 2. The fourth-order valence-electron chi connectivity index (χ4n) is 3.24. The molecule has 0 unspecified atom stereocenters. The lowest BCUT2D eigenvalue weighted by atomic mass is 10.2. The van der Waals surface area contributed by atoms with Crippen LogP contribution in [0.1, 0.15) is 25.3 Å². The summed E-state index contributed by atoms with van der Waals surface area (Å²) in [5, 5.41) is 5.41. The quantitative estimate of drug-likeness (QED) is 0.805.